The first-order valence-electron chi connectivity index (χ1n) is 47.1. The normalized spacial score (nSPS) is 17.1. The average molecular weight is 1710 g/mol. The monoisotopic (exact) mass is 1710 g/mol. The highest BCUT2D eigenvalue weighted by molar-refractivity contribution is 7.47. The van der Waals surface area contributed by atoms with Gasteiger partial charge in [-0.25, -0.2) is 14.3 Å². The van der Waals surface area contributed by atoms with Gasteiger partial charge in [0.15, 0.2) is 22.7 Å². The number of hydrogen-bond donors (Lipinski definition) is 5. The summed E-state index contributed by atoms with van der Waals surface area (Å²) in [6, 6.07) is 3.49. The van der Waals surface area contributed by atoms with E-state index in [1.807, 2.05) is 0 Å². The maximum absolute atomic E-state index is 14.6. The van der Waals surface area contributed by atoms with Crippen LogP contribution in [0.15, 0.2) is 39.0 Å². The molecule has 28 heteroatoms. The van der Waals surface area contributed by atoms with Crippen molar-refractivity contribution >= 4 is 48.7 Å². The molecule has 6 rings (SSSR count). The van der Waals surface area contributed by atoms with E-state index in [9.17, 15) is 48.1 Å². The minimum Gasteiger partial charge on any atom is -0.490 e. The van der Waals surface area contributed by atoms with E-state index in [1.54, 1.807) is 33.0 Å². The van der Waals surface area contributed by atoms with E-state index in [0.717, 1.165) is 62.4 Å². The Labute approximate surface area is 716 Å². The number of nitrogens with zero attached hydrogens (tertiary/aromatic N) is 5. The molecule has 0 spiro atoms. The topological polar surface area (TPSA) is 343 Å². The average Bonchev–Trinajstić information content (AvgIpc) is 1.56. The largest absolute Gasteiger partial charge is 0.490 e. The van der Waals surface area contributed by atoms with Crippen LogP contribution in [0, 0.1) is 12.8 Å². The first-order valence-corrected chi connectivity index (χ1v) is 48.6. The molecule has 7 atom stereocenters. The molecule has 0 aliphatic carbocycles. The second-order valence-electron chi connectivity index (χ2n) is 33.9. The Bertz CT molecular complexity index is 3670. The molecule has 2 aliphatic rings. The van der Waals surface area contributed by atoms with E-state index in [0.29, 0.717) is 42.6 Å². The fourth-order valence-corrected chi connectivity index (χ4v) is 16.5. The van der Waals surface area contributed by atoms with Crippen LogP contribution in [0.25, 0.3) is 11.2 Å². The van der Waals surface area contributed by atoms with Crippen molar-refractivity contribution in [2.75, 3.05) is 58.6 Å². The predicted octanol–water partition coefficient (Wildman–Crippen LogP) is 20.6. The lowest BCUT2D eigenvalue weighted by molar-refractivity contribution is -0.156. The zero-order valence-corrected chi connectivity index (χ0v) is 75.5. The number of aromatic nitrogens is 6. The number of aromatic amines is 2. The molecule has 2 aliphatic heterocycles. The number of rotatable bonds is 72. The van der Waals surface area contributed by atoms with Gasteiger partial charge in [-0.15, -0.1) is 0 Å². The first-order chi connectivity index (χ1) is 58.2. The molecule has 0 bridgehead atoms. The number of hydrogen-bond acceptors (Lipinski definition) is 20. The number of amides is 2. The van der Waals surface area contributed by atoms with Crippen molar-refractivity contribution in [3.05, 3.63) is 67.0 Å². The number of fused-ring (bicyclic) bond motifs is 1. The van der Waals surface area contributed by atoms with Crippen molar-refractivity contribution in [1.82, 2.24) is 34.0 Å². The highest BCUT2D eigenvalue weighted by atomic mass is 31.2. The Morgan fingerprint density at radius 2 is 0.975 bits per heavy atom. The quantitative estimate of drug-likeness (QED) is 0.0156. The van der Waals surface area contributed by atoms with Gasteiger partial charge in [0.05, 0.1) is 58.7 Å². The number of aliphatic hydroxyl groups is 1. The summed E-state index contributed by atoms with van der Waals surface area (Å²) in [4.78, 5) is 118. The first kappa shape index (κ1) is 102. The number of ether oxygens (including phenoxy) is 7. The third-order valence-corrected chi connectivity index (χ3v) is 24.1. The highest BCUT2D eigenvalue weighted by Crippen LogP contribution is 2.50. The van der Waals surface area contributed by atoms with E-state index in [1.165, 1.54) is 279 Å². The van der Waals surface area contributed by atoms with Crippen LogP contribution in [0.5, 0.6) is 17.2 Å². The number of likely N-dealkylation sites (N-methyl/N-ethyl adjacent to an activating group) is 1. The van der Waals surface area contributed by atoms with Crippen molar-refractivity contribution < 1.29 is 75.9 Å². The maximum Gasteiger partial charge on any atom is 0.472 e. The van der Waals surface area contributed by atoms with Crippen LogP contribution in [-0.2, 0) is 46.9 Å². The van der Waals surface area contributed by atoms with Crippen LogP contribution in [-0.4, -0.2) is 145 Å². The van der Waals surface area contributed by atoms with Crippen molar-refractivity contribution in [2.24, 2.45) is 5.92 Å². The smallest absolute Gasteiger partial charge is 0.472 e. The molecular weight excluding hydrogens is 1550 g/mol. The van der Waals surface area contributed by atoms with Crippen molar-refractivity contribution in [3.8, 4) is 17.2 Å². The lowest BCUT2D eigenvalue weighted by Gasteiger charge is -2.23. The van der Waals surface area contributed by atoms with Crippen LogP contribution in [0.4, 0.5) is 5.95 Å². The number of aliphatic hydroxyl groups excluding tert-OH is 1. The summed E-state index contributed by atoms with van der Waals surface area (Å²) in [6.07, 6.45) is 54.6. The number of imidazole rings is 1. The van der Waals surface area contributed by atoms with Gasteiger partial charge >= 0.3 is 25.5 Å². The molecule has 1 aromatic carbocycles. The van der Waals surface area contributed by atoms with Gasteiger partial charge in [-0.3, -0.25) is 62.2 Å². The number of nitrogens with one attached hydrogen (secondary N) is 3. The third-order valence-electron chi connectivity index (χ3n) is 23.1. The molecule has 27 nitrogen and oxygen atoms in total. The molecule has 120 heavy (non-hydrogen) atoms. The second-order valence-corrected chi connectivity index (χ2v) is 35.3. The number of esters is 2. The summed E-state index contributed by atoms with van der Waals surface area (Å²) >= 11 is 0. The minimum absolute atomic E-state index is 0.000234. The Morgan fingerprint density at radius 1 is 0.558 bits per heavy atom. The summed E-state index contributed by atoms with van der Waals surface area (Å²) in [7, 11) is -3.49. The number of unbranched alkanes of at least 4 members (excludes halogenated alkanes) is 45. The van der Waals surface area contributed by atoms with E-state index in [4.69, 9.17) is 42.2 Å². The number of benzene rings is 1. The molecule has 4 aromatic rings. The van der Waals surface area contributed by atoms with Gasteiger partial charge in [0, 0.05) is 43.1 Å². The molecule has 2 fully saturated rings. The summed E-state index contributed by atoms with van der Waals surface area (Å²) in [6.45, 7) is 11.3. The van der Waals surface area contributed by atoms with E-state index in [-0.39, 0.29) is 54.6 Å². The number of aryl methyl sites for hydroxylation is 1. The van der Waals surface area contributed by atoms with E-state index >= 15 is 0 Å². The fourth-order valence-electron chi connectivity index (χ4n) is 15.6. The molecule has 2 saturated heterocycles. The molecule has 682 valence electrons. The van der Waals surface area contributed by atoms with Crippen molar-refractivity contribution in [2.45, 2.75) is 412 Å². The molecule has 3 unspecified atom stereocenters. The summed E-state index contributed by atoms with van der Waals surface area (Å²) < 4.78 is 70.8. The minimum atomic E-state index is -5.11. The number of phosphoric ester groups is 1. The van der Waals surface area contributed by atoms with Crippen molar-refractivity contribution in [3.63, 3.8) is 0 Å². The lowest BCUT2D eigenvalue weighted by Crippen LogP contribution is -2.33. The van der Waals surface area contributed by atoms with Crippen LogP contribution < -0.4 is 36.3 Å². The number of carbonyl (C=O) groups excluding carboxylic acids is 4. The highest BCUT2D eigenvalue weighted by Gasteiger charge is 2.45. The zero-order chi connectivity index (χ0) is 86.4. The number of H-pyrrole nitrogens is 2. The van der Waals surface area contributed by atoms with Gasteiger partial charge < -0.3 is 48.1 Å². The zero-order valence-electron chi connectivity index (χ0n) is 74.6. The summed E-state index contributed by atoms with van der Waals surface area (Å²) in [5.41, 5.74) is -1.73. The number of phosphoric acid groups is 1. The Morgan fingerprint density at radius 3 is 1.43 bits per heavy atom. The Balaban J connectivity index is 1.05. The van der Waals surface area contributed by atoms with Gasteiger partial charge in [0.25, 0.3) is 17.0 Å². The molecule has 5 N–H and O–H groups in total. The molecular formula is C92H155N8O19P. The van der Waals surface area contributed by atoms with Crippen LogP contribution in [0.3, 0.4) is 0 Å². The molecule has 5 heterocycles. The molecule has 0 radical (unpaired) electrons. The van der Waals surface area contributed by atoms with Gasteiger partial charge in [0.2, 0.25) is 17.6 Å². The van der Waals surface area contributed by atoms with E-state index < -0.39 is 111 Å². The Kier molecular flexibility index (Phi) is 52.0. The number of anilines is 1. The summed E-state index contributed by atoms with van der Waals surface area (Å²) in [5, 5.41) is 12.9. The fraction of sp³-hybridized carbons (Fsp3) is 0.793. The van der Waals surface area contributed by atoms with Gasteiger partial charge in [-0.1, -0.05) is 324 Å². The van der Waals surface area contributed by atoms with Gasteiger partial charge in [-0.2, -0.15) is 4.98 Å². The summed E-state index contributed by atoms with van der Waals surface area (Å²) in [5.74, 6) is -1.56. The van der Waals surface area contributed by atoms with Crippen LogP contribution >= 0.6 is 7.82 Å². The van der Waals surface area contributed by atoms with Gasteiger partial charge in [0.1, 0.15) is 43.5 Å². The third kappa shape index (κ3) is 40.4. The molecule has 2 amide bonds. The second kappa shape index (κ2) is 61.0. The number of carbonyl (C=O) groups is 4. The maximum atomic E-state index is 14.6. The molecule has 3 aromatic heterocycles. The van der Waals surface area contributed by atoms with Crippen LogP contribution in [0.1, 0.15) is 397 Å². The van der Waals surface area contributed by atoms with Crippen molar-refractivity contribution in [1.29, 1.82) is 0 Å². The van der Waals surface area contributed by atoms with Crippen LogP contribution in [0.2, 0.25) is 0 Å². The Hall–Kier alpha value is -6.48. The predicted molar refractivity (Wildman–Crippen MR) is 471 cm³/mol. The standard InChI is InChI=1S/C92H155N8O19P/c1-8-11-14-17-20-23-26-29-32-35-38-41-44-47-50-53-59-111-76-63-73(64-77(112-60-54-51-48-45-42-39-36-33-30-27-24-21-18-15-12-9-2)85(76)114-61-55-52-49-46-43-40-37-34-31-28-25-22-19-16-13-10-3)90(107)98(7)58-62-113-82(102)56-57-83(103)118-74-65-80(99-67-72(6)88(105)97-92(99)108)117-79(74)69-115-120(109,110)119-75-66-81(116-78(75)68-101)100-70-93-84-86(100)94-91(96-89(84)106)95-87(104)71(4)5/h63-64,67,70-71,74-75,78-81,101H,8-62,65-66,68-69H2,1-7H3,(H,109,110)(H,97,105,108)(H2,94,95,96,104,106)/t74?,75?,78-,79-,80-,81-/m1/s1. The van der Waals surface area contributed by atoms with Gasteiger partial charge in [-0.05, 0) is 38.3 Å². The van der Waals surface area contributed by atoms with E-state index in [2.05, 4.69) is 46.0 Å². The SMILES string of the molecule is CCCCCCCCCCCCCCCCCCOc1cc(C(=O)N(C)CCOC(=O)CCC(=O)OC2C[C@H](n3cc(C)c(=O)[nH]c3=O)O[C@@H]2COP(=O)(O)OC2C[C@H](n3cnc4c(=O)[nH]c(NC(=O)C(C)C)nc43)O[C@@H]2CO)cc(OCCCCCCCCCCCCCCCCCC)c1OCCCCCCCCCCCCCCCCCC. The molecule has 0 saturated carbocycles. The lowest BCUT2D eigenvalue weighted by atomic mass is 10.0.